The minimum absolute atomic E-state index is 0.0847. The number of carbonyl (C=O) groups excluding carboxylic acids is 1. The topological polar surface area (TPSA) is 41.1 Å². The number of amides is 1. The zero-order valence-corrected chi connectivity index (χ0v) is 8.51. The molecule has 1 fully saturated rings. The molecule has 78 valence electrons. The van der Waals surface area contributed by atoms with E-state index in [0.29, 0.717) is 18.9 Å². The standard InChI is InChI=1S/C11H18N2O/c1-2-7-13-11(14)4-3-10-5-8-12-9-6-10/h1,10,12H,3-9H2,(H,13,14). The lowest BCUT2D eigenvalue weighted by Gasteiger charge is -2.21. The van der Waals surface area contributed by atoms with Gasteiger partial charge in [-0.15, -0.1) is 6.42 Å². The molecule has 1 heterocycles. The zero-order valence-electron chi connectivity index (χ0n) is 8.51. The summed E-state index contributed by atoms with van der Waals surface area (Å²) in [5.41, 5.74) is 0. The number of piperidine rings is 1. The van der Waals surface area contributed by atoms with Crippen LogP contribution in [0.3, 0.4) is 0 Å². The van der Waals surface area contributed by atoms with Gasteiger partial charge in [0.25, 0.3) is 0 Å². The van der Waals surface area contributed by atoms with Crippen molar-refractivity contribution in [1.82, 2.24) is 10.6 Å². The van der Waals surface area contributed by atoms with Crippen LogP contribution in [0.25, 0.3) is 0 Å². The van der Waals surface area contributed by atoms with Gasteiger partial charge in [0, 0.05) is 6.42 Å². The van der Waals surface area contributed by atoms with Gasteiger partial charge in [0.15, 0.2) is 0 Å². The van der Waals surface area contributed by atoms with Crippen molar-refractivity contribution in [2.24, 2.45) is 5.92 Å². The van der Waals surface area contributed by atoms with Crippen LogP contribution < -0.4 is 10.6 Å². The van der Waals surface area contributed by atoms with E-state index in [1.54, 1.807) is 0 Å². The quantitative estimate of drug-likeness (QED) is 0.640. The van der Waals surface area contributed by atoms with Crippen LogP contribution in [0, 0.1) is 18.3 Å². The predicted octanol–water partition coefficient (Wildman–Crippen LogP) is 0.516. The number of hydrogen-bond acceptors (Lipinski definition) is 2. The van der Waals surface area contributed by atoms with Crippen molar-refractivity contribution < 1.29 is 4.79 Å². The van der Waals surface area contributed by atoms with E-state index >= 15 is 0 Å². The maximum absolute atomic E-state index is 11.2. The van der Waals surface area contributed by atoms with Crippen molar-refractivity contribution in [3.8, 4) is 12.3 Å². The van der Waals surface area contributed by atoms with Crippen LogP contribution in [0.2, 0.25) is 0 Å². The molecule has 0 spiro atoms. The maximum Gasteiger partial charge on any atom is 0.220 e. The zero-order chi connectivity index (χ0) is 10.2. The van der Waals surface area contributed by atoms with Crippen molar-refractivity contribution in [2.45, 2.75) is 25.7 Å². The Balaban J connectivity index is 2.07. The third-order valence-corrected chi connectivity index (χ3v) is 2.63. The molecular weight excluding hydrogens is 176 g/mol. The summed E-state index contributed by atoms with van der Waals surface area (Å²) in [4.78, 5) is 11.2. The summed E-state index contributed by atoms with van der Waals surface area (Å²) in [5.74, 6) is 3.19. The van der Waals surface area contributed by atoms with Gasteiger partial charge < -0.3 is 10.6 Å². The van der Waals surface area contributed by atoms with Gasteiger partial charge in [0.05, 0.1) is 6.54 Å². The number of hydrogen-bond donors (Lipinski definition) is 2. The molecule has 3 nitrogen and oxygen atoms in total. The van der Waals surface area contributed by atoms with Gasteiger partial charge in [-0.05, 0) is 38.3 Å². The molecule has 0 saturated carbocycles. The summed E-state index contributed by atoms with van der Waals surface area (Å²) < 4.78 is 0. The average molecular weight is 194 g/mol. The van der Waals surface area contributed by atoms with Crippen LogP contribution >= 0.6 is 0 Å². The third kappa shape index (κ3) is 4.29. The second kappa shape index (κ2) is 6.44. The molecule has 14 heavy (non-hydrogen) atoms. The van der Waals surface area contributed by atoms with Crippen LogP contribution in [0.1, 0.15) is 25.7 Å². The first kappa shape index (κ1) is 11.1. The molecule has 0 unspecified atom stereocenters. The number of terminal acetylenes is 1. The predicted molar refractivity (Wildman–Crippen MR) is 56.7 cm³/mol. The summed E-state index contributed by atoms with van der Waals surface area (Å²) in [6, 6.07) is 0. The van der Waals surface area contributed by atoms with E-state index in [4.69, 9.17) is 6.42 Å². The first-order valence-electron chi connectivity index (χ1n) is 5.24. The Kier molecular flexibility index (Phi) is 5.09. The molecule has 3 heteroatoms. The number of carbonyl (C=O) groups is 1. The molecule has 0 aromatic heterocycles. The third-order valence-electron chi connectivity index (χ3n) is 2.63. The van der Waals surface area contributed by atoms with Gasteiger partial charge >= 0.3 is 0 Å². The Morgan fingerprint density at radius 3 is 2.86 bits per heavy atom. The molecule has 0 radical (unpaired) electrons. The lowest BCUT2D eigenvalue weighted by Crippen LogP contribution is -2.29. The Morgan fingerprint density at radius 1 is 1.50 bits per heavy atom. The van der Waals surface area contributed by atoms with Crippen LogP contribution in [0.5, 0.6) is 0 Å². The van der Waals surface area contributed by atoms with Gasteiger partial charge in [-0.1, -0.05) is 5.92 Å². The average Bonchev–Trinajstić information content (AvgIpc) is 2.25. The minimum Gasteiger partial charge on any atom is -0.345 e. The molecule has 1 rings (SSSR count). The van der Waals surface area contributed by atoms with Gasteiger partial charge in [-0.2, -0.15) is 0 Å². The number of nitrogens with one attached hydrogen (secondary N) is 2. The highest BCUT2D eigenvalue weighted by molar-refractivity contribution is 5.76. The van der Waals surface area contributed by atoms with E-state index in [1.807, 2.05) is 0 Å². The van der Waals surface area contributed by atoms with E-state index in [0.717, 1.165) is 19.5 Å². The molecular formula is C11H18N2O. The number of rotatable bonds is 4. The first-order valence-corrected chi connectivity index (χ1v) is 5.24. The largest absolute Gasteiger partial charge is 0.345 e. The minimum atomic E-state index is 0.0847. The van der Waals surface area contributed by atoms with Crippen molar-refractivity contribution in [3.05, 3.63) is 0 Å². The molecule has 2 N–H and O–H groups in total. The summed E-state index contributed by atoms with van der Waals surface area (Å²) in [7, 11) is 0. The van der Waals surface area contributed by atoms with E-state index in [2.05, 4.69) is 16.6 Å². The lowest BCUT2D eigenvalue weighted by atomic mass is 9.93. The van der Waals surface area contributed by atoms with E-state index in [1.165, 1.54) is 12.8 Å². The summed E-state index contributed by atoms with van der Waals surface area (Å²) in [6.07, 6.45) is 9.05. The van der Waals surface area contributed by atoms with Gasteiger partial charge in [0.2, 0.25) is 5.91 Å². The Morgan fingerprint density at radius 2 is 2.21 bits per heavy atom. The fraction of sp³-hybridized carbons (Fsp3) is 0.727. The van der Waals surface area contributed by atoms with Gasteiger partial charge in [-0.3, -0.25) is 4.79 Å². The maximum atomic E-state index is 11.2. The normalized spacial score (nSPS) is 17.4. The first-order chi connectivity index (χ1) is 6.83. The Hall–Kier alpha value is -1.01. The lowest BCUT2D eigenvalue weighted by molar-refractivity contribution is -0.121. The highest BCUT2D eigenvalue weighted by Gasteiger charge is 2.13. The van der Waals surface area contributed by atoms with Crippen LogP contribution in [0.4, 0.5) is 0 Å². The molecule has 0 aromatic carbocycles. The van der Waals surface area contributed by atoms with Crippen molar-refractivity contribution >= 4 is 5.91 Å². The smallest absolute Gasteiger partial charge is 0.220 e. The summed E-state index contributed by atoms with van der Waals surface area (Å²) >= 11 is 0. The molecule has 0 bridgehead atoms. The highest BCUT2D eigenvalue weighted by atomic mass is 16.1. The molecule has 0 aromatic rings. The summed E-state index contributed by atoms with van der Waals surface area (Å²) in [6.45, 7) is 2.54. The Bertz CT molecular complexity index is 214. The SMILES string of the molecule is C#CCNC(=O)CCC1CCNCC1. The van der Waals surface area contributed by atoms with Crippen LogP contribution in [-0.2, 0) is 4.79 Å². The highest BCUT2D eigenvalue weighted by Crippen LogP contribution is 2.17. The van der Waals surface area contributed by atoms with Crippen LogP contribution in [0.15, 0.2) is 0 Å². The van der Waals surface area contributed by atoms with E-state index in [9.17, 15) is 4.79 Å². The van der Waals surface area contributed by atoms with E-state index in [-0.39, 0.29) is 5.91 Å². The fourth-order valence-electron chi connectivity index (χ4n) is 1.74. The van der Waals surface area contributed by atoms with Gasteiger partial charge in [0.1, 0.15) is 0 Å². The molecule has 1 aliphatic heterocycles. The van der Waals surface area contributed by atoms with Crippen molar-refractivity contribution in [2.75, 3.05) is 19.6 Å². The molecule has 0 atom stereocenters. The monoisotopic (exact) mass is 194 g/mol. The second-order valence-electron chi connectivity index (χ2n) is 3.71. The molecule has 1 aliphatic rings. The second-order valence-corrected chi connectivity index (χ2v) is 3.71. The van der Waals surface area contributed by atoms with Gasteiger partial charge in [-0.25, -0.2) is 0 Å². The Labute approximate surface area is 85.6 Å². The molecule has 1 amide bonds. The van der Waals surface area contributed by atoms with Crippen molar-refractivity contribution in [1.29, 1.82) is 0 Å². The molecule has 0 aliphatic carbocycles. The fourth-order valence-corrected chi connectivity index (χ4v) is 1.74. The summed E-state index contributed by atoms with van der Waals surface area (Å²) in [5, 5.41) is 5.99. The van der Waals surface area contributed by atoms with Crippen LogP contribution in [-0.4, -0.2) is 25.5 Å². The van der Waals surface area contributed by atoms with E-state index < -0.39 is 0 Å². The van der Waals surface area contributed by atoms with Crippen molar-refractivity contribution in [3.63, 3.8) is 0 Å². The molecule has 1 saturated heterocycles.